The van der Waals surface area contributed by atoms with E-state index in [-0.39, 0.29) is 0 Å². The van der Waals surface area contributed by atoms with Crippen molar-refractivity contribution in [2.24, 2.45) is 0 Å². The molecule has 0 amide bonds. The van der Waals surface area contributed by atoms with Gasteiger partial charge < -0.3 is 0 Å². The van der Waals surface area contributed by atoms with Crippen molar-refractivity contribution in [2.45, 2.75) is 43.9 Å². The Morgan fingerprint density at radius 1 is 0.647 bits per heavy atom. The molecule has 2 heteroatoms. The molecule has 0 spiro atoms. The van der Waals surface area contributed by atoms with Crippen molar-refractivity contribution in [3.8, 4) is 33.4 Å². The molecular weight excluding hydrogens is 653 g/mol. The second-order valence-corrected chi connectivity index (χ2v) is 22.1. The van der Waals surface area contributed by atoms with E-state index in [1.54, 1.807) is 0 Å². The summed E-state index contributed by atoms with van der Waals surface area (Å²) in [4.78, 5) is 1.37. The van der Waals surface area contributed by atoms with Crippen molar-refractivity contribution >= 4 is 54.9 Å². The number of hydrogen-bond donors (Lipinski definition) is 0. The van der Waals surface area contributed by atoms with Gasteiger partial charge in [0, 0.05) is 4.90 Å². The third-order valence-corrected chi connectivity index (χ3v) is 13.2. The topological polar surface area (TPSA) is 0 Å². The number of allylic oxidation sites excluding steroid dienone is 2. The number of aryl methyl sites for hydroxylation is 1. The Bertz CT molecular complexity index is 2360. The first kappa shape index (κ1) is 33.6. The highest BCUT2D eigenvalue weighted by Crippen LogP contribution is 2.55. The third kappa shape index (κ3) is 6.80. The molecule has 0 aromatic heterocycles. The van der Waals surface area contributed by atoms with Crippen LogP contribution in [0.3, 0.4) is 0 Å². The molecule has 0 fully saturated rings. The second kappa shape index (κ2) is 14.3. The van der Waals surface area contributed by atoms with Crippen LogP contribution in [0.15, 0.2) is 126 Å². The SMILES string of the molecule is CCCc1ccccc1C=Cc1ccccc1-c1cccc2ccc(-c3c4c(c(-c5cccc(SS(C)(C)C)c5)c5c3CCC=C5)CC=C4)cc12. The predicted octanol–water partition coefficient (Wildman–Crippen LogP) is 14.2. The van der Waals surface area contributed by atoms with Crippen molar-refractivity contribution in [3.63, 3.8) is 0 Å². The average Bonchev–Trinajstić information content (AvgIpc) is 3.62. The summed E-state index contributed by atoms with van der Waals surface area (Å²) in [6.07, 6.45) is 26.7. The number of fused-ring (bicyclic) bond motifs is 3. The standard InChI is InChI=1S/C49H46S2/c1-5-15-34-16-6-7-17-35(34)28-29-36-18-8-9-22-41(36)42-25-13-19-37-30-31-39(33-47(37)42)49-44-24-11-10-23-43(44)48(45-26-14-27-46(45)49)38-20-12-21-40(32-38)50-51(2,3)4/h6-10,12-14,16-23,25,27-33H,5,11,15,24,26H2,1-4H3. The van der Waals surface area contributed by atoms with Gasteiger partial charge in [-0.3, -0.25) is 0 Å². The van der Waals surface area contributed by atoms with E-state index < -0.39 is 9.06 Å². The Kier molecular flexibility index (Phi) is 9.40. The summed E-state index contributed by atoms with van der Waals surface area (Å²) < 4.78 is 0. The van der Waals surface area contributed by atoms with Gasteiger partial charge in [0.1, 0.15) is 0 Å². The highest BCUT2D eigenvalue weighted by molar-refractivity contribution is 8.93. The number of rotatable bonds is 9. The number of hydrogen-bond acceptors (Lipinski definition) is 1. The molecule has 2 aliphatic rings. The van der Waals surface area contributed by atoms with Gasteiger partial charge in [0.2, 0.25) is 0 Å². The monoisotopic (exact) mass is 698 g/mol. The Balaban J connectivity index is 1.27. The summed E-state index contributed by atoms with van der Waals surface area (Å²) in [7, 11) is 1.31. The molecule has 6 aromatic carbocycles. The van der Waals surface area contributed by atoms with Crippen molar-refractivity contribution in [3.05, 3.63) is 160 Å². The van der Waals surface area contributed by atoms with Crippen LogP contribution in [-0.4, -0.2) is 18.8 Å². The van der Waals surface area contributed by atoms with Crippen molar-refractivity contribution < 1.29 is 0 Å². The zero-order valence-electron chi connectivity index (χ0n) is 30.2. The summed E-state index contributed by atoms with van der Waals surface area (Å²) in [5.74, 6) is 0. The molecule has 0 heterocycles. The lowest BCUT2D eigenvalue weighted by Crippen LogP contribution is -2.06. The molecule has 254 valence electrons. The summed E-state index contributed by atoms with van der Waals surface area (Å²) >= 11 is 0. The largest absolute Gasteiger partial charge is 0.197 e. The molecule has 0 atom stereocenters. The molecule has 8 rings (SSSR count). The van der Waals surface area contributed by atoms with Crippen LogP contribution in [-0.2, 0) is 19.3 Å². The van der Waals surface area contributed by atoms with E-state index in [4.69, 9.17) is 0 Å². The van der Waals surface area contributed by atoms with Crippen LogP contribution in [0.5, 0.6) is 0 Å². The zero-order chi connectivity index (χ0) is 35.0. The van der Waals surface area contributed by atoms with Crippen molar-refractivity contribution in [1.82, 2.24) is 0 Å². The average molecular weight is 699 g/mol. The van der Waals surface area contributed by atoms with Gasteiger partial charge in [-0.15, -0.1) is 0 Å². The zero-order valence-corrected chi connectivity index (χ0v) is 31.8. The fourth-order valence-electron chi connectivity index (χ4n) is 8.03. The lowest BCUT2D eigenvalue weighted by Gasteiger charge is -2.26. The fraction of sp³-hybridized carbons (Fsp3) is 0.184. The smallest absolute Gasteiger partial charge is 0.0173 e. The normalized spacial score (nSPS) is 14.0. The van der Waals surface area contributed by atoms with Crippen LogP contribution in [0, 0.1) is 0 Å². The molecule has 0 saturated heterocycles. The van der Waals surface area contributed by atoms with Gasteiger partial charge in [-0.25, -0.2) is 0 Å². The fourth-order valence-corrected chi connectivity index (χ4v) is 11.0. The highest BCUT2D eigenvalue weighted by Gasteiger charge is 2.26. The van der Waals surface area contributed by atoms with Gasteiger partial charge in [0.25, 0.3) is 0 Å². The molecule has 2 aliphatic carbocycles. The lowest BCUT2D eigenvalue weighted by atomic mass is 9.78. The van der Waals surface area contributed by atoms with Gasteiger partial charge in [-0.1, -0.05) is 152 Å². The quantitative estimate of drug-likeness (QED) is 0.107. The minimum absolute atomic E-state index is 0.726. The molecule has 6 aromatic rings. The minimum atomic E-state index is -0.726. The predicted molar refractivity (Wildman–Crippen MR) is 231 cm³/mol. The third-order valence-electron chi connectivity index (χ3n) is 10.2. The van der Waals surface area contributed by atoms with E-state index in [0.717, 1.165) is 32.1 Å². The van der Waals surface area contributed by atoms with Crippen molar-refractivity contribution in [1.29, 1.82) is 0 Å². The van der Waals surface area contributed by atoms with Crippen LogP contribution in [0.4, 0.5) is 0 Å². The summed E-state index contributed by atoms with van der Waals surface area (Å²) in [6.45, 7) is 2.25. The van der Waals surface area contributed by atoms with Gasteiger partial charge >= 0.3 is 0 Å². The first-order valence-corrected chi connectivity index (χ1v) is 22.5. The first-order chi connectivity index (χ1) is 24.9. The molecule has 0 radical (unpaired) electrons. The summed E-state index contributed by atoms with van der Waals surface area (Å²) in [5, 5.41) is 2.58. The van der Waals surface area contributed by atoms with Gasteiger partial charge in [0.15, 0.2) is 0 Å². The maximum Gasteiger partial charge on any atom is 0.0173 e. The molecular formula is C49H46S2. The molecule has 0 aliphatic heterocycles. The Morgan fingerprint density at radius 3 is 2.22 bits per heavy atom. The van der Waals surface area contributed by atoms with Gasteiger partial charge in [-0.2, -0.15) is 9.06 Å². The second-order valence-electron chi connectivity index (χ2n) is 14.5. The maximum atomic E-state index is 2.48. The molecule has 0 N–H and O–H groups in total. The van der Waals surface area contributed by atoms with E-state index in [0.29, 0.717) is 0 Å². The summed E-state index contributed by atoms with van der Waals surface area (Å²) in [6, 6.07) is 41.0. The van der Waals surface area contributed by atoms with Crippen LogP contribution in [0.1, 0.15) is 58.7 Å². The summed E-state index contributed by atoms with van der Waals surface area (Å²) in [5.41, 5.74) is 17.8. The Labute approximate surface area is 309 Å². The van der Waals surface area contributed by atoms with Crippen LogP contribution < -0.4 is 0 Å². The van der Waals surface area contributed by atoms with E-state index in [9.17, 15) is 0 Å². The molecule has 51 heavy (non-hydrogen) atoms. The molecule has 0 unspecified atom stereocenters. The van der Waals surface area contributed by atoms with E-state index in [1.807, 2.05) is 10.8 Å². The molecule has 0 saturated carbocycles. The number of benzene rings is 6. The van der Waals surface area contributed by atoms with E-state index >= 15 is 0 Å². The highest BCUT2D eigenvalue weighted by atomic mass is 33.2. The lowest BCUT2D eigenvalue weighted by molar-refractivity contribution is 0.920. The van der Waals surface area contributed by atoms with Crippen molar-refractivity contribution in [2.75, 3.05) is 18.8 Å². The van der Waals surface area contributed by atoms with E-state index in [1.165, 1.54) is 88.0 Å². The minimum Gasteiger partial charge on any atom is -0.197 e. The van der Waals surface area contributed by atoms with Crippen LogP contribution in [0.25, 0.3) is 68.5 Å². The van der Waals surface area contributed by atoms with Gasteiger partial charge in [-0.05, 0) is 146 Å². The maximum absolute atomic E-state index is 2.48. The van der Waals surface area contributed by atoms with Crippen LogP contribution in [0.2, 0.25) is 0 Å². The Hall–Kier alpha value is -4.50. The van der Waals surface area contributed by atoms with Crippen LogP contribution >= 0.6 is 19.9 Å². The molecule has 0 bridgehead atoms. The van der Waals surface area contributed by atoms with Gasteiger partial charge in [0.05, 0.1) is 0 Å². The van der Waals surface area contributed by atoms with E-state index in [2.05, 4.69) is 171 Å². The molecule has 0 nitrogen and oxygen atoms in total. The first-order valence-electron chi connectivity index (χ1n) is 18.3. The Morgan fingerprint density at radius 2 is 1.35 bits per heavy atom.